The smallest absolute Gasteiger partial charge is 0.336 e. The molecule has 2 unspecified atom stereocenters. The Kier molecular flexibility index (Phi) is 9.47. The second-order valence-electron chi connectivity index (χ2n) is 10.7. The van der Waals surface area contributed by atoms with Crippen molar-refractivity contribution in [1.82, 2.24) is 10.2 Å². The molecule has 2 amide bonds. The van der Waals surface area contributed by atoms with Crippen LogP contribution in [0.5, 0.6) is 0 Å². The predicted octanol–water partition coefficient (Wildman–Crippen LogP) is 6.75. The number of hydrogen-bond donors (Lipinski definition) is 1. The normalized spacial score (nSPS) is 15.6. The quantitative estimate of drug-likeness (QED) is 0.213. The maximum Gasteiger partial charge on any atom is 0.336 e. The van der Waals surface area contributed by atoms with E-state index in [1.807, 2.05) is 91.0 Å². The lowest BCUT2D eigenvalue weighted by molar-refractivity contribution is -0.140. The topological polar surface area (TPSA) is 75.7 Å². The van der Waals surface area contributed by atoms with Crippen molar-refractivity contribution in [2.24, 2.45) is 0 Å². The molecule has 2 atom stereocenters. The summed E-state index contributed by atoms with van der Waals surface area (Å²) in [6.07, 6.45) is 0.850. The lowest BCUT2D eigenvalue weighted by Crippen LogP contribution is -2.38. The number of ether oxygens (including phenoxy) is 1. The average Bonchev–Trinajstić information content (AvgIpc) is 3.04. The first-order valence-electron chi connectivity index (χ1n) is 14.7. The minimum absolute atomic E-state index is 0.0622. The third-order valence-electron chi connectivity index (χ3n) is 7.87. The molecule has 0 spiro atoms. The summed E-state index contributed by atoms with van der Waals surface area (Å²) in [6.45, 7) is 4.12. The van der Waals surface area contributed by atoms with E-state index in [0.717, 1.165) is 22.3 Å². The Hall–Kier alpha value is -4.97. The van der Waals surface area contributed by atoms with Gasteiger partial charge in [-0.15, -0.1) is 0 Å². The number of amides is 2. The summed E-state index contributed by atoms with van der Waals surface area (Å²) in [4.78, 5) is 41.4. The first-order valence-corrected chi connectivity index (χ1v) is 14.7. The highest BCUT2D eigenvalue weighted by Gasteiger charge is 2.36. The van der Waals surface area contributed by atoms with Crippen LogP contribution in [0.1, 0.15) is 64.8 Å². The molecule has 5 rings (SSSR count). The standard InChI is InChI=1S/C37H36N2O4/c1-3-43-37(42)35-26(2)39(34(40)24-32(35)29-15-9-5-10-16-29)25-28-19-21-31(22-20-28)36(41)38-33(30-17-11-6-12-18-30)23-27-13-7-4-8-14-27/h4-22,32-33H,3,23-25H2,1-2H3,(H,38,41). The van der Waals surface area contributed by atoms with Gasteiger partial charge in [-0.05, 0) is 54.7 Å². The first kappa shape index (κ1) is 29.5. The molecule has 1 aliphatic heterocycles. The van der Waals surface area contributed by atoms with Crippen LogP contribution in [0.15, 0.2) is 127 Å². The maximum absolute atomic E-state index is 13.4. The molecular weight excluding hydrogens is 536 g/mol. The summed E-state index contributed by atoms with van der Waals surface area (Å²) in [6, 6.07) is 36.8. The lowest BCUT2D eigenvalue weighted by atomic mass is 9.83. The molecule has 43 heavy (non-hydrogen) atoms. The molecule has 218 valence electrons. The number of hydrogen-bond acceptors (Lipinski definition) is 4. The molecule has 1 heterocycles. The second kappa shape index (κ2) is 13.8. The molecule has 4 aromatic rings. The number of carbonyl (C=O) groups is 3. The Labute approximate surface area is 253 Å². The molecule has 0 aromatic heterocycles. The van der Waals surface area contributed by atoms with Crippen LogP contribution in [0.25, 0.3) is 0 Å². The second-order valence-corrected chi connectivity index (χ2v) is 10.7. The van der Waals surface area contributed by atoms with Gasteiger partial charge in [-0.3, -0.25) is 9.59 Å². The number of nitrogens with zero attached hydrogens (tertiary/aromatic N) is 1. The van der Waals surface area contributed by atoms with Gasteiger partial charge >= 0.3 is 5.97 Å². The average molecular weight is 573 g/mol. The van der Waals surface area contributed by atoms with Gasteiger partial charge in [-0.25, -0.2) is 4.79 Å². The number of allylic oxidation sites excluding steroid dienone is 1. The Morgan fingerprint density at radius 1 is 0.837 bits per heavy atom. The summed E-state index contributed by atoms with van der Waals surface area (Å²) >= 11 is 0. The summed E-state index contributed by atoms with van der Waals surface area (Å²) < 4.78 is 5.40. The molecule has 6 nitrogen and oxygen atoms in total. The molecule has 4 aromatic carbocycles. The fraction of sp³-hybridized carbons (Fsp3) is 0.216. The Bertz CT molecular complexity index is 1580. The van der Waals surface area contributed by atoms with E-state index in [-0.39, 0.29) is 43.3 Å². The zero-order valence-corrected chi connectivity index (χ0v) is 24.5. The van der Waals surface area contributed by atoms with Crippen molar-refractivity contribution in [2.75, 3.05) is 6.61 Å². The number of nitrogens with one attached hydrogen (secondary N) is 1. The molecular formula is C37H36N2O4. The largest absolute Gasteiger partial charge is 0.463 e. The summed E-state index contributed by atoms with van der Waals surface area (Å²) in [7, 11) is 0. The van der Waals surface area contributed by atoms with Gasteiger partial charge in [-0.1, -0.05) is 103 Å². The van der Waals surface area contributed by atoms with Crippen molar-refractivity contribution in [3.63, 3.8) is 0 Å². The summed E-state index contributed by atoms with van der Waals surface area (Å²) in [5, 5.41) is 3.20. The molecule has 6 heteroatoms. The van der Waals surface area contributed by atoms with Gasteiger partial charge in [0, 0.05) is 23.6 Å². The van der Waals surface area contributed by atoms with Crippen LogP contribution in [-0.4, -0.2) is 29.3 Å². The van der Waals surface area contributed by atoms with E-state index in [9.17, 15) is 14.4 Å². The molecule has 0 saturated carbocycles. The molecule has 0 radical (unpaired) electrons. The third kappa shape index (κ3) is 7.09. The molecule has 0 bridgehead atoms. The Morgan fingerprint density at radius 2 is 1.44 bits per heavy atom. The molecule has 1 aliphatic rings. The van der Waals surface area contributed by atoms with E-state index in [1.165, 1.54) is 0 Å². The van der Waals surface area contributed by atoms with E-state index >= 15 is 0 Å². The Balaban J connectivity index is 1.33. The van der Waals surface area contributed by atoms with E-state index in [2.05, 4.69) is 17.4 Å². The Morgan fingerprint density at radius 3 is 2.07 bits per heavy atom. The fourth-order valence-electron chi connectivity index (χ4n) is 5.62. The molecule has 0 saturated heterocycles. The van der Waals surface area contributed by atoms with Gasteiger partial charge in [-0.2, -0.15) is 0 Å². The maximum atomic E-state index is 13.4. The predicted molar refractivity (Wildman–Crippen MR) is 167 cm³/mol. The van der Waals surface area contributed by atoms with Crippen LogP contribution >= 0.6 is 0 Å². The SMILES string of the molecule is CCOC(=O)C1=C(C)N(Cc2ccc(C(=O)NC(Cc3ccccc3)c3ccccc3)cc2)C(=O)CC1c1ccccc1. The van der Waals surface area contributed by atoms with Crippen LogP contribution in [-0.2, 0) is 27.3 Å². The minimum atomic E-state index is -0.401. The van der Waals surface area contributed by atoms with Crippen molar-refractivity contribution >= 4 is 17.8 Å². The lowest BCUT2D eigenvalue weighted by Gasteiger charge is -2.34. The number of carbonyl (C=O) groups excluding carboxylic acids is 3. The van der Waals surface area contributed by atoms with Crippen molar-refractivity contribution in [3.05, 3.63) is 154 Å². The highest BCUT2D eigenvalue weighted by molar-refractivity contribution is 5.96. The molecule has 1 N–H and O–H groups in total. The van der Waals surface area contributed by atoms with Gasteiger partial charge in [0.2, 0.25) is 5.91 Å². The van der Waals surface area contributed by atoms with E-state index in [1.54, 1.807) is 30.9 Å². The van der Waals surface area contributed by atoms with Crippen molar-refractivity contribution in [2.45, 2.75) is 45.2 Å². The van der Waals surface area contributed by atoms with Gasteiger partial charge in [0.1, 0.15) is 0 Å². The van der Waals surface area contributed by atoms with Gasteiger partial charge in [0.25, 0.3) is 5.91 Å². The van der Waals surface area contributed by atoms with Gasteiger partial charge in [0.15, 0.2) is 0 Å². The minimum Gasteiger partial charge on any atom is -0.463 e. The van der Waals surface area contributed by atoms with E-state index < -0.39 is 5.97 Å². The molecule has 0 aliphatic carbocycles. The fourth-order valence-corrected chi connectivity index (χ4v) is 5.62. The number of benzene rings is 4. The number of esters is 1. The van der Waals surface area contributed by atoms with Crippen LogP contribution in [0, 0.1) is 0 Å². The monoisotopic (exact) mass is 572 g/mol. The van der Waals surface area contributed by atoms with Gasteiger partial charge < -0.3 is 15.0 Å². The van der Waals surface area contributed by atoms with Crippen LogP contribution in [0.3, 0.4) is 0 Å². The zero-order valence-electron chi connectivity index (χ0n) is 24.5. The van der Waals surface area contributed by atoms with E-state index in [4.69, 9.17) is 4.74 Å². The third-order valence-corrected chi connectivity index (χ3v) is 7.87. The van der Waals surface area contributed by atoms with Crippen LogP contribution in [0.4, 0.5) is 0 Å². The first-order chi connectivity index (χ1) is 20.9. The zero-order chi connectivity index (χ0) is 30.2. The van der Waals surface area contributed by atoms with Crippen molar-refractivity contribution in [3.8, 4) is 0 Å². The van der Waals surface area contributed by atoms with E-state index in [0.29, 0.717) is 23.3 Å². The van der Waals surface area contributed by atoms with Crippen molar-refractivity contribution in [1.29, 1.82) is 0 Å². The van der Waals surface area contributed by atoms with Crippen LogP contribution < -0.4 is 5.32 Å². The highest BCUT2D eigenvalue weighted by atomic mass is 16.5. The molecule has 0 fully saturated rings. The van der Waals surface area contributed by atoms with Crippen LogP contribution in [0.2, 0.25) is 0 Å². The highest BCUT2D eigenvalue weighted by Crippen LogP contribution is 2.37. The summed E-state index contributed by atoms with van der Waals surface area (Å²) in [5.41, 5.74) is 5.58. The van der Waals surface area contributed by atoms with Crippen molar-refractivity contribution < 1.29 is 19.1 Å². The summed E-state index contributed by atoms with van der Waals surface area (Å²) in [5.74, 6) is -0.991. The van der Waals surface area contributed by atoms with Gasteiger partial charge in [0.05, 0.1) is 24.8 Å². The number of rotatable bonds is 10.